The van der Waals surface area contributed by atoms with Crippen molar-refractivity contribution in [3.63, 3.8) is 0 Å². The van der Waals surface area contributed by atoms with E-state index >= 15 is 0 Å². The molecule has 0 aliphatic heterocycles. The van der Waals surface area contributed by atoms with Crippen molar-refractivity contribution in [3.8, 4) is 0 Å². The SMILES string of the molecule is CC(C)n1cc(N)cc1C(=O)NC(C)(C)c1nccs1. The average Bonchev–Trinajstić information content (AvgIpc) is 2.96. The number of nitrogens with zero attached hydrogens (tertiary/aromatic N) is 2. The molecular formula is C14H20N4OS. The molecule has 0 saturated carbocycles. The first-order valence-corrected chi connectivity index (χ1v) is 7.39. The molecule has 0 bridgehead atoms. The monoisotopic (exact) mass is 292 g/mol. The van der Waals surface area contributed by atoms with Gasteiger partial charge in [0, 0.05) is 23.8 Å². The fourth-order valence-corrected chi connectivity index (χ4v) is 2.76. The van der Waals surface area contributed by atoms with Gasteiger partial charge in [-0.25, -0.2) is 4.98 Å². The standard InChI is InChI=1S/C14H20N4OS/c1-9(2)18-8-10(15)7-11(18)12(19)17-14(3,4)13-16-5-6-20-13/h5-9H,15H2,1-4H3,(H,17,19). The fraction of sp³-hybridized carbons (Fsp3) is 0.429. The number of rotatable bonds is 4. The van der Waals surface area contributed by atoms with Crippen LogP contribution in [-0.4, -0.2) is 15.5 Å². The van der Waals surface area contributed by atoms with Crippen LogP contribution < -0.4 is 11.1 Å². The molecule has 0 aliphatic carbocycles. The van der Waals surface area contributed by atoms with Crippen LogP contribution in [0.4, 0.5) is 5.69 Å². The van der Waals surface area contributed by atoms with Gasteiger partial charge < -0.3 is 15.6 Å². The third-order valence-electron chi connectivity index (χ3n) is 3.05. The van der Waals surface area contributed by atoms with Crippen molar-refractivity contribution < 1.29 is 4.79 Å². The summed E-state index contributed by atoms with van der Waals surface area (Å²) in [6.07, 6.45) is 3.53. The first-order valence-electron chi connectivity index (χ1n) is 6.51. The molecule has 6 heteroatoms. The van der Waals surface area contributed by atoms with Crippen LogP contribution in [0.25, 0.3) is 0 Å². The molecule has 3 N–H and O–H groups in total. The van der Waals surface area contributed by atoms with Crippen LogP contribution in [0.3, 0.4) is 0 Å². The summed E-state index contributed by atoms with van der Waals surface area (Å²) in [4.78, 5) is 16.8. The van der Waals surface area contributed by atoms with Gasteiger partial charge in [-0.3, -0.25) is 4.79 Å². The summed E-state index contributed by atoms with van der Waals surface area (Å²) in [5.74, 6) is -0.143. The lowest BCUT2D eigenvalue weighted by Gasteiger charge is -2.24. The largest absolute Gasteiger partial charge is 0.397 e. The number of carbonyl (C=O) groups is 1. The highest BCUT2D eigenvalue weighted by Crippen LogP contribution is 2.23. The topological polar surface area (TPSA) is 72.9 Å². The Morgan fingerprint density at radius 1 is 1.50 bits per heavy atom. The first kappa shape index (κ1) is 14.6. The van der Waals surface area contributed by atoms with Crippen molar-refractivity contribution in [2.75, 3.05) is 5.73 Å². The van der Waals surface area contributed by atoms with E-state index in [1.807, 2.05) is 37.6 Å². The van der Waals surface area contributed by atoms with Gasteiger partial charge in [-0.2, -0.15) is 0 Å². The fourth-order valence-electron chi connectivity index (χ4n) is 2.04. The number of anilines is 1. The van der Waals surface area contributed by atoms with E-state index in [2.05, 4.69) is 10.3 Å². The minimum absolute atomic E-state index is 0.143. The summed E-state index contributed by atoms with van der Waals surface area (Å²) >= 11 is 1.53. The molecule has 108 valence electrons. The maximum absolute atomic E-state index is 12.5. The van der Waals surface area contributed by atoms with Gasteiger partial charge in [-0.15, -0.1) is 11.3 Å². The van der Waals surface area contributed by atoms with Crippen molar-refractivity contribution in [1.29, 1.82) is 0 Å². The third-order valence-corrected chi connectivity index (χ3v) is 4.15. The molecule has 20 heavy (non-hydrogen) atoms. The molecule has 5 nitrogen and oxygen atoms in total. The normalized spacial score (nSPS) is 11.8. The lowest BCUT2D eigenvalue weighted by molar-refractivity contribution is 0.0901. The number of hydrogen-bond acceptors (Lipinski definition) is 4. The molecule has 0 atom stereocenters. The van der Waals surface area contributed by atoms with E-state index in [4.69, 9.17) is 5.73 Å². The zero-order valence-electron chi connectivity index (χ0n) is 12.2. The Morgan fingerprint density at radius 3 is 2.75 bits per heavy atom. The average molecular weight is 292 g/mol. The van der Waals surface area contributed by atoms with Gasteiger partial charge in [-0.1, -0.05) is 0 Å². The quantitative estimate of drug-likeness (QED) is 0.910. The maximum Gasteiger partial charge on any atom is 0.268 e. The number of nitrogens with two attached hydrogens (primary N) is 1. The summed E-state index contributed by atoms with van der Waals surface area (Å²) < 4.78 is 1.88. The zero-order valence-corrected chi connectivity index (χ0v) is 13.0. The summed E-state index contributed by atoms with van der Waals surface area (Å²) in [5, 5.41) is 5.79. The molecular weight excluding hydrogens is 272 g/mol. The molecule has 1 amide bonds. The third kappa shape index (κ3) is 2.85. The van der Waals surface area contributed by atoms with Crippen molar-refractivity contribution in [1.82, 2.24) is 14.9 Å². The number of nitrogen functional groups attached to an aromatic ring is 1. The van der Waals surface area contributed by atoms with E-state index in [-0.39, 0.29) is 11.9 Å². The molecule has 0 fully saturated rings. The van der Waals surface area contributed by atoms with Gasteiger partial charge in [0.15, 0.2) is 0 Å². The molecule has 0 aromatic carbocycles. The second-order valence-electron chi connectivity index (χ2n) is 5.58. The van der Waals surface area contributed by atoms with E-state index in [0.29, 0.717) is 11.4 Å². The minimum atomic E-state index is -0.508. The number of carbonyl (C=O) groups excluding carboxylic acids is 1. The Morgan fingerprint density at radius 2 is 2.20 bits per heavy atom. The number of nitrogens with one attached hydrogen (secondary N) is 1. The van der Waals surface area contributed by atoms with Crippen LogP contribution in [0.15, 0.2) is 23.8 Å². The summed E-state index contributed by atoms with van der Waals surface area (Å²) in [5.41, 5.74) is 6.46. The van der Waals surface area contributed by atoms with E-state index in [1.54, 1.807) is 18.5 Å². The van der Waals surface area contributed by atoms with Gasteiger partial charge in [0.2, 0.25) is 0 Å². The first-order chi connectivity index (χ1) is 9.31. The number of aromatic nitrogens is 2. The van der Waals surface area contributed by atoms with Crippen molar-refractivity contribution in [2.45, 2.75) is 39.3 Å². The molecule has 2 rings (SSSR count). The van der Waals surface area contributed by atoms with Crippen LogP contribution >= 0.6 is 11.3 Å². The number of amides is 1. The smallest absolute Gasteiger partial charge is 0.268 e. The van der Waals surface area contributed by atoms with Crippen molar-refractivity contribution in [2.24, 2.45) is 0 Å². The summed E-state index contributed by atoms with van der Waals surface area (Å²) in [6, 6.07) is 1.88. The molecule has 0 saturated heterocycles. The molecule has 2 heterocycles. The Balaban J connectivity index is 2.25. The van der Waals surface area contributed by atoms with E-state index in [0.717, 1.165) is 5.01 Å². The maximum atomic E-state index is 12.5. The molecule has 2 aromatic rings. The van der Waals surface area contributed by atoms with Crippen LogP contribution in [-0.2, 0) is 5.54 Å². The highest BCUT2D eigenvalue weighted by molar-refractivity contribution is 7.09. The highest BCUT2D eigenvalue weighted by atomic mass is 32.1. The Labute approximate surface area is 122 Å². The van der Waals surface area contributed by atoms with E-state index in [1.165, 1.54) is 11.3 Å². The number of hydrogen-bond donors (Lipinski definition) is 2. The van der Waals surface area contributed by atoms with Gasteiger partial charge >= 0.3 is 0 Å². The van der Waals surface area contributed by atoms with Crippen LogP contribution in [0, 0.1) is 0 Å². The van der Waals surface area contributed by atoms with Crippen LogP contribution in [0.5, 0.6) is 0 Å². The molecule has 2 aromatic heterocycles. The van der Waals surface area contributed by atoms with Gasteiger partial charge in [-0.05, 0) is 33.8 Å². The molecule has 0 unspecified atom stereocenters. The number of thiazole rings is 1. The van der Waals surface area contributed by atoms with E-state index < -0.39 is 5.54 Å². The summed E-state index contributed by atoms with van der Waals surface area (Å²) in [7, 11) is 0. The van der Waals surface area contributed by atoms with Crippen LogP contribution in [0.1, 0.15) is 49.2 Å². The van der Waals surface area contributed by atoms with Crippen LogP contribution in [0.2, 0.25) is 0 Å². The highest BCUT2D eigenvalue weighted by Gasteiger charge is 2.27. The van der Waals surface area contributed by atoms with Crippen molar-refractivity contribution in [3.05, 3.63) is 34.5 Å². The zero-order chi connectivity index (χ0) is 14.9. The Hall–Kier alpha value is -1.82. The molecule has 0 spiro atoms. The van der Waals surface area contributed by atoms with Gasteiger partial charge in [0.25, 0.3) is 5.91 Å². The minimum Gasteiger partial charge on any atom is -0.397 e. The Bertz CT molecular complexity index is 599. The lowest BCUT2D eigenvalue weighted by Crippen LogP contribution is -2.41. The van der Waals surface area contributed by atoms with Crippen molar-refractivity contribution >= 4 is 22.9 Å². The summed E-state index contributed by atoms with van der Waals surface area (Å²) in [6.45, 7) is 7.91. The van der Waals surface area contributed by atoms with Gasteiger partial charge in [0.05, 0.1) is 11.2 Å². The van der Waals surface area contributed by atoms with E-state index in [9.17, 15) is 4.79 Å². The second-order valence-corrected chi connectivity index (χ2v) is 6.47. The molecule has 0 aliphatic rings. The Kier molecular flexibility index (Phi) is 3.85. The van der Waals surface area contributed by atoms with Gasteiger partial charge in [0.1, 0.15) is 10.7 Å². The second kappa shape index (κ2) is 5.28. The lowest BCUT2D eigenvalue weighted by atomic mass is 10.1. The molecule has 0 radical (unpaired) electrons. The predicted octanol–water partition coefficient (Wildman–Crippen LogP) is 2.77. The predicted molar refractivity (Wildman–Crippen MR) is 81.8 cm³/mol.